The minimum atomic E-state index is -0.314. The monoisotopic (exact) mass is 425 g/mol. The summed E-state index contributed by atoms with van der Waals surface area (Å²) in [6.07, 6.45) is 3.78. The highest BCUT2D eigenvalue weighted by Gasteiger charge is 2.12. The van der Waals surface area contributed by atoms with Crippen molar-refractivity contribution < 1.29 is 28.5 Å². The summed E-state index contributed by atoms with van der Waals surface area (Å²) in [5.74, 6) is 7.90. The average Bonchev–Trinajstić information content (AvgIpc) is 2.81. The largest absolute Gasteiger partial charge is 0.493 e. The molecule has 2 aromatic rings. The Hall–Kier alpha value is -3.79. The lowest BCUT2D eigenvalue weighted by atomic mass is 10.2. The van der Waals surface area contributed by atoms with Crippen molar-refractivity contribution in [2.45, 2.75) is 0 Å². The Kier molecular flexibility index (Phi) is 8.64. The second-order valence-electron chi connectivity index (χ2n) is 6.37. The highest BCUT2D eigenvalue weighted by molar-refractivity contribution is 5.94. The number of carbonyl (C=O) groups is 1. The van der Waals surface area contributed by atoms with Gasteiger partial charge in [0.15, 0.2) is 23.0 Å². The molecule has 2 rings (SSSR count). The molecule has 0 spiro atoms. The van der Waals surface area contributed by atoms with Crippen LogP contribution < -0.4 is 23.7 Å². The van der Waals surface area contributed by atoms with Gasteiger partial charge in [0, 0.05) is 25.1 Å². The Morgan fingerprint density at radius 2 is 1.48 bits per heavy atom. The third-order valence-electron chi connectivity index (χ3n) is 4.42. The first-order valence-electron chi connectivity index (χ1n) is 9.43. The first kappa shape index (κ1) is 23.5. The number of nitrogens with zero attached hydrogens (tertiary/aromatic N) is 1. The summed E-state index contributed by atoms with van der Waals surface area (Å²) in [7, 11) is 9.44. The van der Waals surface area contributed by atoms with Crippen molar-refractivity contribution in [1.29, 1.82) is 0 Å². The summed E-state index contributed by atoms with van der Waals surface area (Å²) in [5, 5.41) is 0. The average molecular weight is 425 g/mol. The van der Waals surface area contributed by atoms with Crippen LogP contribution in [0.15, 0.2) is 36.4 Å². The standard InChI is InChI=1S/C24H27NO6/c1-25(13-7-8-17-9-11-19(27-2)20(14-17)28-3)23(26)12-10-18-15-21(29-4)24(31-6)22(16-18)30-5/h7-9,11,14-16H,13H2,1-6H3/b8-7+. The number of hydrogen-bond donors (Lipinski definition) is 0. The zero-order valence-corrected chi connectivity index (χ0v) is 18.6. The first-order valence-corrected chi connectivity index (χ1v) is 9.43. The molecule has 164 valence electrons. The zero-order chi connectivity index (χ0) is 22.8. The molecule has 0 heterocycles. The maximum atomic E-state index is 12.4. The lowest BCUT2D eigenvalue weighted by Gasteiger charge is -2.12. The normalized spacial score (nSPS) is 10.1. The molecule has 0 bridgehead atoms. The van der Waals surface area contributed by atoms with Crippen molar-refractivity contribution in [3.63, 3.8) is 0 Å². The van der Waals surface area contributed by atoms with Gasteiger partial charge in [-0.1, -0.05) is 24.1 Å². The van der Waals surface area contributed by atoms with Crippen LogP contribution in [0.4, 0.5) is 0 Å². The van der Waals surface area contributed by atoms with E-state index in [0.29, 0.717) is 40.9 Å². The molecule has 0 fully saturated rings. The Balaban J connectivity index is 2.07. The van der Waals surface area contributed by atoms with E-state index in [0.717, 1.165) is 5.56 Å². The number of hydrogen-bond acceptors (Lipinski definition) is 6. The molecule has 0 atom stereocenters. The third kappa shape index (κ3) is 6.09. The van der Waals surface area contributed by atoms with Crippen LogP contribution in [0.1, 0.15) is 11.1 Å². The number of amides is 1. The molecule has 2 aromatic carbocycles. The number of benzene rings is 2. The molecular formula is C24H27NO6. The second-order valence-corrected chi connectivity index (χ2v) is 6.37. The number of methoxy groups -OCH3 is 5. The zero-order valence-electron chi connectivity index (χ0n) is 18.6. The number of ether oxygens (including phenoxy) is 5. The predicted octanol–water partition coefficient (Wildman–Crippen LogP) is 3.25. The van der Waals surface area contributed by atoms with Gasteiger partial charge in [0.05, 0.1) is 35.5 Å². The van der Waals surface area contributed by atoms with E-state index in [1.165, 1.54) is 26.2 Å². The molecule has 0 unspecified atom stereocenters. The van der Waals surface area contributed by atoms with Crippen LogP contribution in [0.3, 0.4) is 0 Å². The minimum Gasteiger partial charge on any atom is -0.493 e. The molecule has 7 heteroatoms. The van der Waals surface area contributed by atoms with E-state index < -0.39 is 0 Å². The van der Waals surface area contributed by atoms with Gasteiger partial charge in [0.1, 0.15) is 0 Å². The van der Waals surface area contributed by atoms with Crippen molar-refractivity contribution in [3.8, 4) is 40.6 Å². The Labute approximate surface area is 183 Å². The van der Waals surface area contributed by atoms with Crippen LogP contribution in [0, 0.1) is 11.8 Å². The van der Waals surface area contributed by atoms with Crippen molar-refractivity contribution in [3.05, 3.63) is 47.5 Å². The summed E-state index contributed by atoms with van der Waals surface area (Å²) in [4.78, 5) is 13.9. The van der Waals surface area contributed by atoms with E-state index in [2.05, 4.69) is 11.8 Å². The molecule has 0 aromatic heterocycles. The Morgan fingerprint density at radius 1 is 0.871 bits per heavy atom. The molecule has 31 heavy (non-hydrogen) atoms. The summed E-state index contributed by atoms with van der Waals surface area (Å²) in [5.41, 5.74) is 1.51. The second kappa shape index (κ2) is 11.4. The molecule has 0 aliphatic rings. The van der Waals surface area contributed by atoms with E-state index in [1.54, 1.807) is 33.4 Å². The molecule has 0 saturated carbocycles. The summed E-state index contributed by atoms with van der Waals surface area (Å²) >= 11 is 0. The van der Waals surface area contributed by atoms with Crippen LogP contribution in [0.5, 0.6) is 28.7 Å². The highest BCUT2D eigenvalue weighted by Crippen LogP contribution is 2.37. The van der Waals surface area contributed by atoms with E-state index in [-0.39, 0.29) is 5.91 Å². The fraction of sp³-hybridized carbons (Fsp3) is 0.292. The number of carbonyl (C=O) groups excluding carboxylic acids is 1. The van der Waals surface area contributed by atoms with Crippen molar-refractivity contribution in [2.24, 2.45) is 0 Å². The SMILES string of the molecule is COc1ccc(/C=C/CN(C)C(=O)C#Cc2cc(OC)c(OC)c(OC)c2)cc1OC. The predicted molar refractivity (Wildman–Crippen MR) is 119 cm³/mol. The molecular weight excluding hydrogens is 398 g/mol. The molecule has 0 radical (unpaired) electrons. The van der Waals surface area contributed by atoms with Gasteiger partial charge in [-0.2, -0.15) is 0 Å². The number of likely N-dealkylation sites (N-methyl/N-ethyl adjacent to an activating group) is 1. The molecule has 0 saturated heterocycles. The maximum Gasteiger partial charge on any atom is 0.298 e. The minimum absolute atomic E-state index is 0.314. The summed E-state index contributed by atoms with van der Waals surface area (Å²) in [6, 6.07) is 8.98. The smallest absolute Gasteiger partial charge is 0.298 e. The van der Waals surface area contributed by atoms with Crippen molar-refractivity contribution >= 4 is 12.0 Å². The van der Waals surface area contributed by atoms with Gasteiger partial charge < -0.3 is 28.6 Å². The quantitative estimate of drug-likeness (QED) is 0.605. The van der Waals surface area contributed by atoms with Gasteiger partial charge in [-0.05, 0) is 29.8 Å². The summed E-state index contributed by atoms with van der Waals surface area (Å²) < 4.78 is 26.4. The molecule has 0 aliphatic carbocycles. The molecule has 0 aliphatic heterocycles. The van der Waals surface area contributed by atoms with Crippen LogP contribution in [-0.2, 0) is 4.79 Å². The Bertz CT molecular complexity index is 978. The van der Waals surface area contributed by atoms with E-state index in [1.807, 2.05) is 30.4 Å². The lowest BCUT2D eigenvalue weighted by molar-refractivity contribution is -0.123. The number of rotatable bonds is 8. The van der Waals surface area contributed by atoms with Gasteiger partial charge in [-0.15, -0.1) is 0 Å². The van der Waals surface area contributed by atoms with Gasteiger partial charge in [-0.3, -0.25) is 4.79 Å². The van der Waals surface area contributed by atoms with E-state index in [9.17, 15) is 4.79 Å². The lowest BCUT2D eigenvalue weighted by Crippen LogP contribution is -2.25. The van der Waals surface area contributed by atoms with Gasteiger partial charge in [0.25, 0.3) is 5.91 Å². The van der Waals surface area contributed by atoms with Gasteiger partial charge in [-0.25, -0.2) is 0 Å². The van der Waals surface area contributed by atoms with Crippen molar-refractivity contribution in [2.75, 3.05) is 49.1 Å². The molecule has 0 N–H and O–H groups in total. The van der Waals surface area contributed by atoms with Crippen molar-refractivity contribution in [1.82, 2.24) is 4.90 Å². The summed E-state index contributed by atoms with van der Waals surface area (Å²) in [6.45, 7) is 0.400. The first-order chi connectivity index (χ1) is 15.0. The molecule has 1 amide bonds. The highest BCUT2D eigenvalue weighted by atomic mass is 16.5. The molecule has 7 nitrogen and oxygen atoms in total. The maximum absolute atomic E-state index is 12.4. The topological polar surface area (TPSA) is 66.5 Å². The fourth-order valence-corrected chi connectivity index (χ4v) is 2.76. The van der Waals surface area contributed by atoms with Crippen LogP contribution in [-0.4, -0.2) is 59.9 Å². The third-order valence-corrected chi connectivity index (χ3v) is 4.42. The van der Waals surface area contributed by atoms with E-state index >= 15 is 0 Å². The van der Waals surface area contributed by atoms with Gasteiger partial charge >= 0.3 is 0 Å². The van der Waals surface area contributed by atoms with Gasteiger partial charge in [0.2, 0.25) is 5.75 Å². The van der Waals surface area contributed by atoms with Crippen LogP contribution in [0.25, 0.3) is 6.08 Å². The van der Waals surface area contributed by atoms with E-state index in [4.69, 9.17) is 23.7 Å². The fourth-order valence-electron chi connectivity index (χ4n) is 2.76. The van der Waals surface area contributed by atoms with Crippen LogP contribution in [0.2, 0.25) is 0 Å². The Morgan fingerprint density at radius 3 is 2.03 bits per heavy atom. The van der Waals surface area contributed by atoms with Crippen LogP contribution >= 0.6 is 0 Å².